The second kappa shape index (κ2) is 8.87. The number of nitrogens with zero attached hydrogens (tertiary/aromatic N) is 1. The minimum Gasteiger partial charge on any atom is -0.351 e. The van der Waals surface area contributed by atoms with Gasteiger partial charge in [0.2, 0.25) is 5.91 Å². The summed E-state index contributed by atoms with van der Waals surface area (Å²) in [5.41, 5.74) is 3.28. The number of carbonyl (C=O) groups excluding carboxylic acids is 2. The smallest absolute Gasteiger partial charge is 0.321 e. The molecule has 5 nitrogen and oxygen atoms in total. The molecular weight excluding hydrogens is 386 g/mol. The van der Waals surface area contributed by atoms with Crippen molar-refractivity contribution in [2.45, 2.75) is 40.2 Å². The van der Waals surface area contributed by atoms with Gasteiger partial charge in [0, 0.05) is 30.3 Å². The predicted octanol–water partition coefficient (Wildman–Crippen LogP) is 4.91. The average molecular weight is 414 g/mol. The fraction of sp³-hybridized carbons (Fsp3) is 0.391. The topological polar surface area (TPSA) is 61.4 Å². The number of benzene rings is 2. The monoisotopic (exact) mass is 413 g/mol. The number of piperidine rings is 1. The van der Waals surface area contributed by atoms with E-state index in [-0.39, 0.29) is 11.9 Å². The largest absolute Gasteiger partial charge is 0.351 e. The number of carbonyl (C=O) groups is 2. The van der Waals surface area contributed by atoms with Gasteiger partial charge in [0.05, 0.1) is 5.41 Å². The highest BCUT2D eigenvalue weighted by Gasteiger charge is 2.39. The van der Waals surface area contributed by atoms with E-state index in [0.29, 0.717) is 30.3 Å². The summed E-state index contributed by atoms with van der Waals surface area (Å²) in [7, 11) is 0. The van der Waals surface area contributed by atoms with Crippen LogP contribution in [-0.2, 0) is 11.3 Å². The van der Waals surface area contributed by atoms with Crippen molar-refractivity contribution < 1.29 is 9.59 Å². The van der Waals surface area contributed by atoms with E-state index in [0.717, 1.165) is 29.5 Å². The standard InChI is InChI=1S/C23H28ClN3O2/c1-16-7-4-5-8-18(16)14-25-21(28)23(3)11-6-12-27(15-23)22(29)26-20-13-19(24)10-9-17(20)2/h4-5,7-10,13H,6,11-12,14-15H2,1-3H3,(H,25,28)(H,26,29)/t23-/m1/s1. The number of rotatable bonds is 4. The fourth-order valence-corrected chi connectivity index (χ4v) is 3.89. The van der Waals surface area contributed by atoms with Crippen LogP contribution < -0.4 is 10.6 Å². The lowest BCUT2D eigenvalue weighted by atomic mass is 9.81. The van der Waals surface area contributed by atoms with E-state index >= 15 is 0 Å². The molecular formula is C23H28ClN3O2. The van der Waals surface area contributed by atoms with Crippen molar-refractivity contribution >= 4 is 29.2 Å². The minimum atomic E-state index is -0.609. The van der Waals surface area contributed by atoms with E-state index in [9.17, 15) is 9.59 Å². The number of hydrogen-bond donors (Lipinski definition) is 2. The van der Waals surface area contributed by atoms with Crippen molar-refractivity contribution in [2.75, 3.05) is 18.4 Å². The second-order valence-electron chi connectivity index (χ2n) is 8.08. The Labute approximate surface area is 177 Å². The Bertz CT molecular complexity index is 915. The third-order valence-corrected chi connectivity index (χ3v) is 5.91. The number of nitrogens with one attached hydrogen (secondary N) is 2. The van der Waals surface area contributed by atoms with Gasteiger partial charge in [0.15, 0.2) is 0 Å². The lowest BCUT2D eigenvalue weighted by molar-refractivity contribution is -0.132. The number of hydrogen-bond acceptors (Lipinski definition) is 2. The van der Waals surface area contributed by atoms with E-state index in [1.54, 1.807) is 17.0 Å². The Morgan fingerprint density at radius 3 is 2.66 bits per heavy atom. The molecule has 0 aromatic heterocycles. The van der Waals surface area contributed by atoms with Gasteiger partial charge in [-0.2, -0.15) is 0 Å². The van der Waals surface area contributed by atoms with Crippen LogP contribution >= 0.6 is 11.6 Å². The fourth-order valence-electron chi connectivity index (χ4n) is 3.72. The van der Waals surface area contributed by atoms with Crippen molar-refractivity contribution in [3.05, 3.63) is 64.2 Å². The summed E-state index contributed by atoms with van der Waals surface area (Å²) in [6.07, 6.45) is 1.54. The molecule has 154 valence electrons. The average Bonchev–Trinajstić information content (AvgIpc) is 2.70. The first-order chi connectivity index (χ1) is 13.8. The van der Waals surface area contributed by atoms with E-state index in [1.807, 2.05) is 51.1 Å². The van der Waals surface area contributed by atoms with E-state index < -0.39 is 5.41 Å². The molecule has 1 heterocycles. The quantitative estimate of drug-likeness (QED) is 0.748. The van der Waals surface area contributed by atoms with E-state index in [2.05, 4.69) is 10.6 Å². The van der Waals surface area contributed by atoms with Gasteiger partial charge in [-0.1, -0.05) is 41.9 Å². The summed E-state index contributed by atoms with van der Waals surface area (Å²) in [6.45, 7) is 7.41. The van der Waals surface area contributed by atoms with Gasteiger partial charge in [0.25, 0.3) is 0 Å². The molecule has 2 aromatic carbocycles. The summed E-state index contributed by atoms with van der Waals surface area (Å²) in [5, 5.41) is 6.57. The van der Waals surface area contributed by atoms with Crippen LogP contribution in [0.3, 0.4) is 0 Å². The van der Waals surface area contributed by atoms with Crippen molar-refractivity contribution in [1.29, 1.82) is 0 Å². The summed E-state index contributed by atoms with van der Waals surface area (Å²) in [5.74, 6) is -0.0165. The molecule has 0 spiro atoms. The Hall–Kier alpha value is -2.53. The number of likely N-dealkylation sites (tertiary alicyclic amines) is 1. The van der Waals surface area contributed by atoms with Crippen molar-refractivity contribution in [3.8, 4) is 0 Å². The number of aryl methyl sites for hydroxylation is 2. The molecule has 29 heavy (non-hydrogen) atoms. The summed E-state index contributed by atoms with van der Waals surface area (Å²) < 4.78 is 0. The summed E-state index contributed by atoms with van der Waals surface area (Å²) in [6, 6.07) is 13.2. The molecule has 3 rings (SSSR count). The van der Waals surface area contributed by atoms with Crippen molar-refractivity contribution in [2.24, 2.45) is 5.41 Å². The Morgan fingerprint density at radius 1 is 1.14 bits per heavy atom. The zero-order valence-corrected chi connectivity index (χ0v) is 18.0. The SMILES string of the molecule is Cc1ccccc1CNC(=O)[C@]1(C)CCCN(C(=O)Nc2cc(Cl)ccc2C)C1. The zero-order valence-electron chi connectivity index (χ0n) is 17.2. The third kappa shape index (κ3) is 5.10. The molecule has 0 unspecified atom stereocenters. The maximum absolute atomic E-state index is 12.9. The van der Waals surface area contributed by atoms with Gasteiger partial charge in [-0.25, -0.2) is 4.79 Å². The van der Waals surface area contributed by atoms with Gasteiger partial charge >= 0.3 is 6.03 Å². The predicted molar refractivity (Wildman–Crippen MR) is 117 cm³/mol. The third-order valence-electron chi connectivity index (χ3n) is 5.67. The first-order valence-corrected chi connectivity index (χ1v) is 10.3. The van der Waals surface area contributed by atoms with Crippen LogP contribution in [0.2, 0.25) is 5.02 Å². The van der Waals surface area contributed by atoms with Crippen molar-refractivity contribution in [3.63, 3.8) is 0 Å². The zero-order chi connectivity index (χ0) is 21.0. The van der Waals surface area contributed by atoms with Crippen LogP contribution in [0.5, 0.6) is 0 Å². The van der Waals surface area contributed by atoms with E-state index in [1.165, 1.54) is 0 Å². The number of halogens is 1. The Kier molecular flexibility index (Phi) is 6.48. The first kappa shape index (κ1) is 21.2. The molecule has 0 aliphatic carbocycles. The van der Waals surface area contributed by atoms with Gasteiger partial charge in [-0.3, -0.25) is 4.79 Å². The molecule has 1 aliphatic rings. The highest BCUT2D eigenvalue weighted by atomic mass is 35.5. The molecule has 3 amide bonds. The highest BCUT2D eigenvalue weighted by Crippen LogP contribution is 2.31. The Morgan fingerprint density at radius 2 is 1.90 bits per heavy atom. The van der Waals surface area contributed by atoms with Crippen LogP contribution in [0, 0.1) is 19.3 Å². The lowest BCUT2D eigenvalue weighted by Gasteiger charge is -2.39. The lowest BCUT2D eigenvalue weighted by Crippen LogP contribution is -2.52. The molecule has 0 saturated carbocycles. The molecule has 2 N–H and O–H groups in total. The molecule has 1 fully saturated rings. The molecule has 6 heteroatoms. The van der Waals surface area contributed by atoms with Crippen molar-refractivity contribution in [1.82, 2.24) is 10.2 Å². The van der Waals surface area contributed by atoms with E-state index in [4.69, 9.17) is 11.6 Å². The van der Waals surface area contributed by atoms with Gasteiger partial charge in [0.1, 0.15) is 0 Å². The molecule has 1 saturated heterocycles. The molecule has 1 aliphatic heterocycles. The molecule has 1 atom stereocenters. The van der Waals surface area contributed by atoms with Crippen LogP contribution in [-0.4, -0.2) is 29.9 Å². The van der Waals surface area contributed by atoms with Crippen LogP contribution in [0.15, 0.2) is 42.5 Å². The highest BCUT2D eigenvalue weighted by molar-refractivity contribution is 6.31. The normalized spacial score (nSPS) is 19.0. The molecule has 0 bridgehead atoms. The second-order valence-corrected chi connectivity index (χ2v) is 8.52. The first-order valence-electron chi connectivity index (χ1n) is 9.93. The van der Waals surface area contributed by atoms with Gasteiger partial charge in [-0.05, 0) is 62.4 Å². The minimum absolute atomic E-state index is 0.0165. The number of anilines is 1. The van der Waals surface area contributed by atoms with Crippen LogP contribution in [0.4, 0.5) is 10.5 Å². The maximum Gasteiger partial charge on any atom is 0.321 e. The van der Waals surface area contributed by atoms with Gasteiger partial charge in [-0.15, -0.1) is 0 Å². The summed E-state index contributed by atoms with van der Waals surface area (Å²) in [4.78, 5) is 27.5. The molecule has 0 radical (unpaired) electrons. The number of amides is 3. The Balaban J connectivity index is 1.63. The molecule has 2 aromatic rings. The summed E-state index contributed by atoms with van der Waals surface area (Å²) >= 11 is 6.05. The van der Waals surface area contributed by atoms with Crippen LogP contribution in [0.1, 0.15) is 36.5 Å². The maximum atomic E-state index is 12.9. The number of urea groups is 1. The van der Waals surface area contributed by atoms with Crippen LogP contribution in [0.25, 0.3) is 0 Å². The van der Waals surface area contributed by atoms with Gasteiger partial charge < -0.3 is 15.5 Å².